The minimum Gasteiger partial charge on any atom is -0.398 e. The number of anilines is 2. The summed E-state index contributed by atoms with van der Waals surface area (Å²) in [6.45, 7) is 1.42. The molecule has 152 valence electrons. The first-order chi connectivity index (χ1) is 12.9. The lowest BCUT2D eigenvalue weighted by atomic mass is 10.2. The van der Waals surface area contributed by atoms with Crippen molar-refractivity contribution in [1.82, 2.24) is 0 Å². The van der Waals surface area contributed by atoms with E-state index in [-0.39, 0.29) is 26.7 Å². The van der Waals surface area contributed by atoms with Gasteiger partial charge in [0.05, 0.1) is 20.4 Å². The number of alkyl halides is 2. The van der Waals surface area contributed by atoms with Crippen LogP contribution in [0.2, 0.25) is 0 Å². The third-order valence-corrected chi connectivity index (χ3v) is 8.80. The van der Waals surface area contributed by atoms with Crippen LogP contribution in [0.15, 0.2) is 51.1 Å². The van der Waals surface area contributed by atoms with Crippen molar-refractivity contribution >= 4 is 69.1 Å². The standard InChI is InChI=1S/C16H16Br2N2O6S2/c1-9-2-4-11(7-14(9)28(24,25)26)27(22,23)15-6-10(3-5-13(15)19)20-16(21)12(18)8-17/h2-7,12H,8,19H2,1H3,(H,20,21)(H,24,25,26). The molecule has 0 aromatic heterocycles. The molecule has 0 spiro atoms. The molecule has 4 N–H and O–H groups in total. The zero-order chi connectivity index (χ0) is 21.3. The van der Waals surface area contributed by atoms with Gasteiger partial charge in [-0.1, -0.05) is 37.9 Å². The SMILES string of the molecule is Cc1ccc(S(=O)(=O)c2cc(NC(=O)C(Br)CBr)ccc2N)cc1S(=O)(=O)O. The Balaban J connectivity index is 2.55. The van der Waals surface area contributed by atoms with Crippen LogP contribution in [0.4, 0.5) is 11.4 Å². The molecule has 8 nitrogen and oxygen atoms in total. The molecule has 0 heterocycles. The summed E-state index contributed by atoms with van der Waals surface area (Å²) in [7, 11) is -8.83. The van der Waals surface area contributed by atoms with Crippen LogP contribution in [0.25, 0.3) is 0 Å². The molecule has 0 bridgehead atoms. The van der Waals surface area contributed by atoms with Crippen molar-refractivity contribution < 1.29 is 26.2 Å². The molecule has 0 radical (unpaired) electrons. The number of hydrogen-bond acceptors (Lipinski definition) is 6. The van der Waals surface area contributed by atoms with Crippen molar-refractivity contribution in [3.8, 4) is 0 Å². The average Bonchev–Trinajstić information content (AvgIpc) is 2.61. The molecule has 0 saturated heterocycles. The number of nitrogen functional groups attached to an aromatic ring is 1. The zero-order valence-corrected chi connectivity index (χ0v) is 19.2. The van der Waals surface area contributed by atoms with Gasteiger partial charge in [-0.25, -0.2) is 8.42 Å². The molecule has 0 aliphatic heterocycles. The van der Waals surface area contributed by atoms with Gasteiger partial charge < -0.3 is 11.1 Å². The monoisotopic (exact) mass is 554 g/mol. The van der Waals surface area contributed by atoms with Crippen molar-refractivity contribution in [1.29, 1.82) is 0 Å². The summed E-state index contributed by atoms with van der Waals surface area (Å²) >= 11 is 6.31. The lowest BCUT2D eigenvalue weighted by Gasteiger charge is -2.13. The largest absolute Gasteiger partial charge is 0.398 e. The molecule has 1 amide bonds. The van der Waals surface area contributed by atoms with E-state index >= 15 is 0 Å². The number of nitrogens with two attached hydrogens (primary N) is 1. The summed E-state index contributed by atoms with van der Waals surface area (Å²) in [6.07, 6.45) is 0. The second kappa shape index (κ2) is 8.49. The van der Waals surface area contributed by atoms with Gasteiger partial charge in [-0.2, -0.15) is 8.42 Å². The number of benzene rings is 2. The van der Waals surface area contributed by atoms with E-state index in [1.807, 2.05) is 0 Å². The Hall–Kier alpha value is -1.47. The number of carbonyl (C=O) groups is 1. The van der Waals surface area contributed by atoms with E-state index in [2.05, 4.69) is 37.2 Å². The molecular formula is C16H16Br2N2O6S2. The van der Waals surface area contributed by atoms with Gasteiger partial charge in [-0.15, -0.1) is 0 Å². The Labute approximate surface area is 179 Å². The van der Waals surface area contributed by atoms with Crippen LogP contribution in [0.3, 0.4) is 0 Å². The summed E-state index contributed by atoms with van der Waals surface area (Å²) in [4.78, 5) is 10.3. The van der Waals surface area contributed by atoms with E-state index in [0.717, 1.165) is 6.07 Å². The average molecular weight is 556 g/mol. The molecule has 12 heteroatoms. The Kier molecular flexibility index (Phi) is 6.92. The van der Waals surface area contributed by atoms with Gasteiger partial charge in [0.1, 0.15) is 4.83 Å². The maximum Gasteiger partial charge on any atom is 0.294 e. The highest BCUT2D eigenvalue weighted by molar-refractivity contribution is 9.12. The van der Waals surface area contributed by atoms with Crippen LogP contribution in [-0.2, 0) is 24.7 Å². The van der Waals surface area contributed by atoms with E-state index < -0.39 is 35.6 Å². The number of aryl methyl sites for hydroxylation is 1. The van der Waals surface area contributed by atoms with Crippen LogP contribution >= 0.6 is 31.9 Å². The van der Waals surface area contributed by atoms with Crippen LogP contribution < -0.4 is 11.1 Å². The molecule has 2 aromatic rings. The first kappa shape index (κ1) is 22.8. The van der Waals surface area contributed by atoms with E-state index in [4.69, 9.17) is 5.73 Å². The number of hydrogen-bond donors (Lipinski definition) is 3. The van der Waals surface area contributed by atoms with Gasteiger partial charge in [-0.3, -0.25) is 9.35 Å². The first-order valence-corrected chi connectivity index (χ1v) is 12.6. The molecule has 1 atom stereocenters. The van der Waals surface area contributed by atoms with Gasteiger partial charge in [-0.05, 0) is 42.8 Å². The predicted octanol–water partition coefficient (Wildman–Crippen LogP) is 2.75. The molecule has 0 aliphatic rings. The van der Waals surface area contributed by atoms with Crippen molar-refractivity contribution in [2.24, 2.45) is 0 Å². The number of nitrogens with one attached hydrogen (secondary N) is 1. The summed E-state index contributed by atoms with van der Waals surface area (Å²) in [5.74, 6) is -0.394. The molecular weight excluding hydrogens is 540 g/mol. The van der Waals surface area contributed by atoms with Gasteiger partial charge in [0.2, 0.25) is 15.7 Å². The summed E-state index contributed by atoms with van der Waals surface area (Å²) < 4.78 is 58.2. The Morgan fingerprint density at radius 2 is 1.79 bits per heavy atom. The lowest BCUT2D eigenvalue weighted by Crippen LogP contribution is -2.24. The molecule has 0 saturated carbocycles. The quantitative estimate of drug-likeness (QED) is 0.282. The maximum atomic E-state index is 13.0. The summed E-state index contributed by atoms with van der Waals surface area (Å²) in [5.41, 5.74) is 6.11. The fraction of sp³-hybridized carbons (Fsp3) is 0.188. The van der Waals surface area contributed by atoms with Crippen molar-refractivity contribution in [3.63, 3.8) is 0 Å². The van der Waals surface area contributed by atoms with Gasteiger partial charge in [0, 0.05) is 11.0 Å². The lowest BCUT2D eigenvalue weighted by molar-refractivity contribution is -0.115. The fourth-order valence-electron chi connectivity index (χ4n) is 2.29. The normalized spacial score (nSPS) is 13.1. The van der Waals surface area contributed by atoms with E-state index in [1.165, 1.54) is 37.3 Å². The minimum absolute atomic E-state index is 0.0807. The van der Waals surface area contributed by atoms with Crippen molar-refractivity contribution in [3.05, 3.63) is 42.0 Å². The van der Waals surface area contributed by atoms with Crippen molar-refractivity contribution in [2.45, 2.75) is 26.4 Å². The van der Waals surface area contributed by atoms with E-state index in [0.29, 0.717) is 5.33 Å². The molecule has 1 unspecified atom stereocenters. The van der Waals surface area contributed by atoms with Crippen LogP contribution in [-0.4, -0.2) is 37.5 Å². The predicted molar refractivity (Wildman–Crippen MR) is 112 cm³/mol. The highest BCUT2D eigenvalue weighted by Crippen LogP contribution is 2.30. The third-order valence-electron chi connectivity index (χ3n) is 3.74. The first-order valence-electron chi connectivity index (χ1n) is 7.61. The third kappa shape index (κ3) is 4.92. The van der Waals surface area contributed by atoms with Crippen LogP contribution in [0, 0.1) is 6.92 Å². The Morgan fingerprint density at radius 1 is 1.14 bits per heavy atom. The van der Waals surface area contributed by atoms with Crippen molar-refractivity contribution in [2.75, 3.05) is 16.4 Å². The van der Waals surface area contributed by atoms with Crippen LogP contribution in [0.1, 0.15) is 5.56 Å². The molecule has 0 fully saturated rings. The molecule has 2 rings (SSSR count). The van der Waals surface area contributed by atoms with Gasteiger partial charge in [0.25, 0.3) is 10.1 Å². The Morgan fingerprint density at radius 3 is 2.36 bits per heavy atom. The van der Waals surface area contributed by atoms with E-state index in [1.54, 1.807) is 0 Å². The topological polar surface area (TPSA) is 144 Å². The maximum absolute atomic E-state index is 13.0. The number of rotatable bonds is 6. The van der Waals surface area contributed by atoms with Gasteiger partial charge in [0.15, 0.2) is 0 Å². The Bertz CT molecular complexity index is 1130. The second-order valence-corrected chi connectivity index (χ2v) is 10.8. The number of halogens is 2. The zero-order valence-electron chi connectivity index (χ0n) is 14.4. The second-order valence-electron chi connectivity index (χ2n) is 5.77. The highest BCUT2D eigenvalue weighted by Gasteiger charge is 2.25. The number of carbonyl (C=O) groups excluding carboxylic acids is 1. The molecule has 28 heavy (non-hydrogen) atoms. The highest BCUT2D eigenvalue weighted by atomic mass is 79.9. The fourth-order valence-corrected chi connectivity index (χ4v) is 4.96. The number of sulfone groups is 1. The summed E-state index contributed by atoms with van der Waals surface area (Å²) in [5, 5.41) is 2.90. The smallest absolute Gasteiger partial charge is 0.294 e. The number of amides is 1. The molecule has 0 aliphatic carbocycles. The van der Waals surface area contributed by atoms with E-state index in [9.17, 15) is 26.2 Å². The molecule has 2 aromatic carbocycles. The van der Waals surface area contributed by atoms with Crippen LogP contribution in [0.5, 0.6) is 0 Å². The summed E-state index contributed by atoms with van der Waals surface area (Å²) in [6, 6.07) is 7.29. The minimum atomic E-state index is -4.61. The van der Waals surface area contributed by atoms with Gasteiger partial charge >= 0.3 is 0 Å².